The molecule has 0 N–H and O–H groups in total. The molecule has 4 heteroatoms. The first kappa shape index (κ1) is 38.2. The van der Waals surface area contributed by atoms with Crippen LogP contribution in [0.1, 0.15) is 176 Å². The van der Waals surface area contributed by atoms with E-state index >= 15 is 0 Å². The first-order valence-corrected chi connectivity index (χ1v) is 20.6. The van der Waals surface area contributed by atoms with Crippen LogP contribution in [0, 0.1) is 5.92 Å². The maximum absolute atomic E-state index is 13.5. The van der Waals surface area contributed by atoms with Crippen molar-refractivity contribution in [1.29, 1.82) is 0 Å². The van der Waals surface area contributed by atoms with E-state index in [-0.39, 0.29) is 11.0 Å². The number of esters is 1. The molecule has 0 aromatic heterocycles. The first-order chi connectivity index (χ1) is 18.5. The van der Waals surface area contributed by atoms with E-state index in [0.29, 0.717) is 12.5 Å². The molecule has 0 aliphatic heterocycles. The van der Waals surface area contributed by atoms with Gasteiger partial charge in [0, 0.05) is 0 Å². The number of rotatable bonds is 29. The SMILES string of the molecule is CCCCCCCC[PH](CCCCCCCC)(CCCCCCCC)C(S)C(=O)OCC(CC)CCCC. The third-order valence-corrected chi connectivity index (χ3v) is 16.2. The van der Waals surface area contributed by atoms with Gasteiger partial charge in [-0.05, 0) is 0 Å². The molecule has 0 saturated carbocycles. The Labute approximate surface area is 246 Å². The summed E-state index contributed by atoms with van der Waals surface area (Å²) in [5, 5.41) is 0. The van der Waals surface area contributed by atoms with Crippen LogP contribution < -0.4 is 0 Å². The summed E-state index contributed by atoms with van der Waals surface area (Å²) < 4.78 is 6.06. The van der Waals surface area contributed by atoms with Crippen LogP contribution in [0.25, 0.3) is 0 Å². The third-order valence-electron chi connectivity index (χ3n) is 8.89. The second kappa shape index (κ2) is 27.4. The van der Waals surface area contributed by atoms with E-state index in [1.165, 1.54) is 153 Å². The van der Waals surface area contributed by atoms with Crippen molar-refractivity contribution in [3.05, 3.63) is 0 Å². The van der Waals surface area contributed by atoms with Gasteiger partial charge in [0.2, 0.25) is 0 Å². The van der Waals surface area contributed by atoms with Crippen LogP contribution in [0.5, 0.6) is 0 Å². The zero-order valence-corrected chi connectivity index (χ0v) is 28.7. The Balaban J connectivity index is 5.38. The van der Waals surface area contributed by atoms with Gasteiger partial charge in [0.15, 0.2) is 0 Å². The normalized spacial score (nSPS) is 13.9. The van der Waals surface area contributed by atoms with E-state index in [2.05, 4.69) is 34.6 Å². The second-order valence-electron chi connectivity index (χ2n) is 12.4. The molecule has 0 heterocycles. The van der Waals surface area contributed by atoms with Gasteiger partial charge < -0.3 is 0 Å². The van der Waals surface area contributed by atoms with Crippen molar-refractivity contribution in [3.63, 3.8) is 0 Å². The minimum absolute atomic E-state index is 0.0258. The molecule has 2 nitrogen and oxygen atoms in total. The van der Waals surface area contributed by atoms with Crippen molar-refractivity contribution in [2.24, 2.45) is 5.92 Å². The summed E-state index contributed by atoms with van der Waals surface area (Å²) in [6.07, 6.45) is 32.5. The van der Waals surface area contributed by atoms with Crippen LogP contribution >= 0.6 is 19.9 Å². The van der Waals surface area contributed by atoms with E-state index in [1.54, 1.807) is 0 Å². The molecule has 0 spiro atoms. The number of ether oxygens (including phenoxy) is 1. The fourth-order valence-corrected chi connectivity index (χ4v) is 12.2. The van der Waals surface area contributed by atoms with Gasteiger partial charge in [-0.3, -0.25) is 0 Å². The van der Waals surface area contributed by atoms with Crippen molar-refractivity contribution >= 4 is 25.9 Å². The summed E-state index contributed by atoms with van der Waals surface area (Å²) in [7, 11) is -1.89. The summed E-state index contributed by atoms with van der Waals surface area (Å²) in [6, 6.07) is 0. The molecular formula is C34H71O2PS. The van der Waals surface area contributed by atoms with E-state index < -0.39 is 7.26 Å². The van der Waals surface area contributed by atoms with Crippen molar-refractivity contribution in [1.82, 2.24) is 0 Å². The molecule has 230 valence electrons. The number of unbranched alkanes of at least 4 members (excludes halogenated alkanes) is 16. The average molecular weight is 575 g/mol. The van der Waals surface area contributed by atoms with Gasteiger partial charge in [-0.25, -0.2) is 0 Å². The fourth-order valence-electron chi connectivity index (χ4n) is 5.98. The topological polar surface area (TPSA) is 26.3 Å². The van der Waals surface area contributed by atoms with E-state index in [0.717, 1.165) is 6.42 Å². The van der Waals surface area contributed by atoms with E-state index in [1.807, 2.05) is 0 Å². The average Bonchev–Trinajstić information content (AvgIpc) is 2.93. The van der Waals surface area contributed by atoms with Crippen molar-refractivity contribution in [2.75, 3.05) is 25.1 Å². The maximum atomic E-state index is 13.5. The first-order valence-electron chi connectivity index (χ1n) is 17.4. The molecule has 0 aromatic rings. The Morgan fingerprint density at radius 2 is 0.947 bits per heavy atom. The standard InChI is InChI=1S/C34H71O2PS/c1-6-11-15-18-21-24-28-37(29-25-22-19-16-12-7-2,30-26-23-20-17-13-8-3)34(38)33(35)36-31-32(10-5)27-14-9-4/h32,34,37-38H,6-31H2,1-5H3. The summed E-state index contributed by atoms with van der Waals surface area (Å²) in [4.78, 5) is 13.4. The van der Waals surface area contributed by atoms with E-state index in [9.17, 15) is 4.79 Å². The number of thiol groups is 1. The molecular weight excluding hydrogens is 503 g/mol. The molecule has 0 bridgehead atoms. The Morgan fingerprint density at radius 3 is 1.32 bits per heavy atom. The molecule has 0 radical (unpaired) electrons. The number of hydrogen-bond acceptors (Lipinski definition) is 3. The molecule has 0 aliphatic rings. The molecule has 0 rings (SSSR count). The monoisotopic (exact) mass is 574 g/mol. The Bertz CT molecular complexity index is 472. The Morgan fingerprint density at radius 1 is 0.579 bits per heavy atom. The van der Waals surface area contributed by atoms with Gasteiger partial charge in [0.1, 0.15) is 0 Å². The van der Waals surface area contributed by atoms with Crippen molar-refractivity contribution < 1.29 is 9.53 Å². The van der Waals surface area contributed by atoms with Gasteiger partial charge in [0.25, 0.3) is 0 Å². The second-order valence-corrected chi connectivity index (χ2v) is 18.2. The van der Waals surface area contributed by atoms with Gasteiger partial charge in [-0.15, -0.1) is 0 Å². The third kappa shape index (κ3) is 19.3. The summed E-state index contributed by atoms with van der Waals surface area (Å²) >= 11 is 5.17. The molecule has 0 amide bonds. The molecule has 0 fully saturated rings. The predicted molar refractivity (Wildman–Crippen MR) is 180 cm³/mol. The molecule has 0 aromatic carbocycles. The molecule has 2 atom stereocenters. The van der Waals surface area contributed by atoms with Crippen LogP contribution in [0.2, 0.25) is 0 Å². The number of carbonyl (C=O) groups excluding carboxylic acids is 1. The molecule has 0 saturated heterocycles. The summed E-state index contributed by atoms with van der Waals surface area (Å²) in [5.41, 5.74) is 0. The van der Waals surface area contributed by atoms with Gasteiger partial charge >= 0.3 is 247 Å². The number of carbonyl (C=O) groups is 1. The van der Waals surface area contributed by atoms with Crippen LogP contribution in [0.4, 0.5) is 0 Å². The Hall–Kier alpha value is 0.250. The molecule has 38 heavy (non-hydrogen) atoms. The van der Waals surface area contributed by atoms with Crippen LogP contribution in [0.3, 0.4) is 0 Å². The van der Waals surface area contributed by atoms with Crippen molar-refractivity contribution in [2.45, 2.75) is 181 Å². The van der Waals surface area contributed by atoms with E-state index in [4.69, 9.17) is 17.4 Å². The summed E-state index contributed by atoms with van der Waals surface area (Å²) in [5.74, 6) is 0.532. The van der Waals surface area contributed by atoms with Crippen molar-refractivity contribution in [3.8, 4) is 0 Å². The number of hydrogen-bond donors (Lipinski definition) is 1. The quantitative estimate of drug-likeness (QED) is 0.0416. The zero-order valence-electron chi connectivity index (χ0n) is 26.8. The Kier molecular flexibility index (Phi) is 27.6. The molecule has 0 aliphatic carbocycles. The molecule has 2 unspecified atom stereocenters. The van der Waals surface area contributed by atoms with Crippen LogP contribution in [-0.4, -0.2) is 36.1 Å². The summed E-state index contributed by atoms with van der Waals surface area (Å²) in [6.45, 7) is 12.0. The zero-order chi connectivity index (χ0) is 28.3. The van der Waals surface area contributed by atoms with Gasteiger partial charge in [-0.2, -0.15) is 0 Å². The van der Waals surface area contributed by atoms with Gasteiger partial charge in [-0.1, -0.05) is 0 Å². The van der Waals surface area contributed by atoms with Crippen LogP contribution in [0.15, 0.2) is 0 Å². The predicted octanol–water partition coefficient (Wildman–Crippen LogP) is 11.8. The fraction of sp³-hybridized carbons (Fsp3) is 0.971. The van der Waals surface area contributed by atoms with Crippen LogP contribution in [-0.2, 0) is 9.53 Å². The van der Waals surface area contributed by atoms with Gasteiger partial charge in [0.05, 0.1) is 0 Å². The minimum atomic E-state index is -1.89.